The minimum absolute atomic E-state index is 0.200. The molecule has 0 aliphatic rings. The Bertz CT molecular complexity index is 1100. The topological polar surface area (TPSA) is 44.0 Å². The first-order chi connectivity index (χ1) is 12.7. The maximum absolute atomic E-state index is 13.0. The predicted octanol–water partition coefficient (Wildman–Crippen LogP) is 3.93. The molecule has 0 atom stereocenters. The molecule has 0 fully saturated rings. The van der Waals surface area contributed by atoms with Gasteiger partial charge >= 0.3 is 11.9 Å². The Morgan fingerprint density at radius 3 is 2.30 bits per heavy atom. The monoisotopic (exact) mass is 394 g/mol. The second-order valence-electron chi connectivity index (χ2n) is 5.96. The van der Waals surface area contributed by atoms with Crippen LogP contribution in [0.5, 0.6) is 0 Å². The highest BCUT2D eigenvalue weighted by atomic mass is 35.5. The molecule has 0 spiro atoms. The minimum Gasteiger partial charge on any atom is -0.292 e. The van der Waals surface area contributed by atoms with Gasteiger partial charge < -0.3 is 0 Å². The largest absolute Gasteiger partial charge is 0.431 e. The normalized spacial score (nSPS) is 11.6. The lowest BCUT2D eigenvalue weighted by Gasteiger charge is -2.15. The standard InChI is InChI=1S/C19H14ClF3N2O2/c1-24-16(19(21,22)23)10-17(26)25(18(24)27)11-13-9-14(20)7-8-15(13)12-5-3-2-4-6-12/h2-10H,11H2,1H3. The number of nitrogens with zero attached hydrogens (tertiary/aromatic N) is 2. The van der Waals surface area contributed by atoms with Gasteiger partial charge in [0.1, 0.15) is 5.69 Å². The zero-order valence-corrected chi connectivity index (χ0v) is 14.9. The molecule has 0 aliphatic heterocycles. The molecule has 0 amide bonds. The van der Waals surface area contributed by atoms with E-state index in [4.69, 9.17) is 11.6 Å². The number of alkyl halides is 3. The third-order valence-electron chi connectivity index (χ3n) is 4.18. The van der Waals surface area contributed by atoms with Gasteiger partial charge in [-0.2, -0.15) is 13.2 Å². The smallest absolute Gasteiger partial charge is 0.292 e. The van der Waals surface area contributed by atoms with Crippen molar-refractivity contribution in [3.63, 3.8) is 0 Å². The molecule has 0 aliphatic carbocycles. The number of rotatable bonds is 3. The van der Waals surface area contributed by atoms with Gasteiger partial charge in [-0.25, -0.2) is 4.79 Å². The summed E-state index contributed by atoms with van der Waals surface area (Å²) in [6.45, 7) is -0.200. The van der Waals surface area contributed by atoms with Crippen LogP contribution in [0.3, 0.4) is 0 Å². The lowest BCUT2D eigenvalue weighted by atomic mass is 9.99. The fraction of sp³-hybridized carbons (Fsp3) is 0.158. The average molecular weight is 395 g/mol. The van der Waals surface area contributed by atoms with Crippen LogP contribution in [-0.4, -0.2) is 9.13 Å². The van der Waals surface area contributed by atoms with Crippen LogP contribution in [-0.2, 0) is 19.8 Å². The Labute approximate surface area is 157 Å². The van der Waals surface area contributed by atoms with E-state index in [0.29, 0.717) is 21.2 Å². The van der Waals surface area contributed by atoms with E-state index in [2.05, 4.69) is 0 Å². The second-order valence-corrected chi connectivity index (χ2v) is 6.40. The molecular formula is C19H14ClF3N2O2. The van der Waals surface area contributed by atoms with Gasteiger partial charge in [-0.05, 0) is 28.8 Å². The average Bonchev–Trinajstić information content (AvgIpc) is 2.61. The van der Waals surface area contributed by atoms with E-state index in [-0.39, 0.29) is 6.54 Å². The van der Waals surface area contributed by atoms with Crippen molar-refractivity contribution in [2.45, 2.75) is 12.7 Å². The third kappa shape index (κ3) is 3.83. The van der Waals surface area contributed by atoms with E-state index in [1.807, 2.05) is 30.3 Å². The second kappa shape index (κ2) is 7.08. The third-order valence-corrected chi connectivity index (χ3v) is 4.41. The Balaban J connectivity index is 2.15. The minimum atomic E-state index is -4.79. The molecule has 8 heteroatoms. The maximum atomic E-state index is 13.0. The summed E-state index contributed by atoms with van der Waals surface area (Å²) in [7, 11) is 0.983. The van der Waals surface area contributed by atoms with Crippen molar-refractivity contribution < 1.29 is 13.2 Å². The zero-order chi connectivity index (χ0) is 19.8. The van der Waals surface area contributed by atoms with Crippen LogP contribution in [0.2, 0.25) is 5.02 Å². The molecule has 0 saturated heterocycles. The Kier molecular flexibility index (Phi) is 4.97. The van der Waals surface area contributed by atoms with E-state index >= 15 is 0 Å². The van der Waals surface area contributed by atoms with Crippen molar-refractivity contribution >= 4 is 11.6 Å². The number of aromatic nitrogens is 2. The van der Waals surface area contributed by atoms with Crippen LogP contribution in [0.25, 0.3) is 11.1 Å². The molecule has 27 heavy (non-hydrogen) atoms. The maximum Gasteiger partial charge on any atom is 0.431 e. The molecule has 0 N–H and O–H groups in total. The number of halogens is 4. The molecule has 0 radical (unpaired) electrons. The Morgan fingerprint density at radius 1 is 1.00 bits per heavy atom. The van der Waals surface area contributed by atoms with Crippen LogP contribution < -0.4 is 11.2 Å². The van der Waals surface area contributed by atoms with Crippen LogP contribution >= 0.6 is 11.6 Å². The Morgan fingerprint density at radius 2 is 1.67 bits per heavy atom. The molecule has 0 bridgehead atoms. The molecule has 0 unspecified atom stereocenters. The molecular weight excluding hydrogens is 381 g/mol. The van der Waals surface area contributed by atoms with Gasteiger partial charge in [0.2, 0.25) is 0 Å². The molecule has 1 aromatic heterocycles. The van der Waals surface area contributed by atoms with E-state index < -0.39 is 23.1 Å². The molecule has 1 heterocycles. The summed E-state index contributed by atoms with van der Waals surface area (Å²) < 4.78 is 40.1. The zero-order valence-electron chi connectivity index (χ0n) is 14.1. The number of hydrogen-bond donors (Lipinski definition) is 0. The summed E-state index contributed by atoms with van der Waals surface area (Å²) in [5.41, 5.74) is -1.25. The fourth-order valence-electron chi connectivity index (χ4n) is 2.85. The van der Waals surface area contributed by atoms with Crippen LogP contribution in [0.4, 0.5) is 13.2 Å². The summed E-state index contributed by atoms with van der Waals surface area (Å²) in [4.78, 5) is 24.6. The number of hydrogen-bond acceptors (Lipinski definition) is 2. The molecule has 2 aromatic carbocycles. The fourth-order valence-corrected chi connectivity index (χ4v) is 3.05. The van der Waals surface area contributed by atoms with Crippen LogP contribution in [0.1, 0.15) is 11.3 Å². The van der Waals surface area contributed by atoms with Gasteiger partial charge in [0.05, 0.1) is 6.54 Å². The van der Waals surface area contributed by atoms with Gasteiger partial charge in [-0.3, -0.25) is 13.9 Å². The molecule has 3 rings (SSSR count). The first-order valence-corrected chi connectivity index (χ1v) is 8.28. The van der Waals surface area contributed by atoms with Crippen LogP contribution in [0.15, 0.2) is 64.2 Å². The van der Waals surface area contributed by atoms with Gasteiger partial charge in [-0.15, -0.1) is 0 Å². The van der Waals surface area contributed by atoms with Crippen molar-refractivity contribution in [1.29, 1.82) is 0 Å². The quantitative estimate of drug-likeness (QED) is 0.675. The highest BCUT2D eigenvalue weighted by Gasteiger charge is 2.34. The number of benzene rings is 2. The molecule has 0 saturated carbocycles. The van der Waals surface area contributed by atoms with Crippen molar-refractivity contribution in [2.75, 3.05) is 0 Å². The predicted molar refractivity (Wildman–Crippen MR) is 96.9 cm³/mol. The van der Waals surface area contributed by atoms with E-state index in [0.717, 1.165) is 22.7 Å². The van der Waals surface area contributed by atoms with E-state index in [1.165, 1.54) is 0 Å². The van der Waals surface area contributed by atoms with Gasteiger partial charge in [-0.1, -0.05) is 48.0 Å². The lowest BCUT2D eigenvalue weighted by molar-refractivity contribution is -0.144. The first-order valence-electron chi connectivity index (χ1n) is 7.90. The summed E-state index contributed by atoms with van der Waals surface area (Å²) in [6, 6.07) is 14.6. The molecule has 4 nitrogen and oxygen atoms in total. The van der Waals surface area contributed by atoms with Gasteiger partial charge in [0.15, 0.2) is 0 Å². The summed E-state index contributed by atoms with van der Waals surface area (Å²) in [5.74, 6) is 0. The van der Waals surface area contributed by atoms with Crippen molar-refractivity contribution in [3.05, 3.63) is 91.7 Å². The summed E-state index contributed by atoms with van der Waals surface area (Å²) in [6.07, 6.45) is -4.79. The lowest BCUT2D eigenvalue weighted by Crippen LogP contribution is -2.41. The molecule has 140 valence electrons. The van der Waals surface area contributed by atoms with Crippen molar-refractivity contribution in [1.82, 2.24) is 9.13 Å². The summed E-state index contributed by atoms with van der Waals surface area (Å²) >= 11 is 6.05. The Hall–Kier alpha value is -2.80. The van der Waals surface area contributed by atoms with Crippen molar-refractivity contribution in [3.8, 4) is 11.1 Å². The SMILES string of the molecule is Cn1c(C(F)(F)F)cc(=O)n(Cc2cc(Cl)ccc2-c2ccccc2)c1=O. The van der Waals surface area contributed by atoms with Gasteiger partial charge in [0, 0.05) is 18.1 Å². The summed E-state index contributed by atoms with van der Waals surface area (Å²) in [5, 5.41) is 0.390. The highest BCUT2D eigenvalue weighted by Crippen LogP contribution is 2.28. The van der Waals surface area contributed by atoms with E-state index in [9.17, 15) is 22.8 Å². The van der Waals surface area contributed by atoms with E-state index in [1.54, 1.807) is 18.2 Å². The molecule has 3 aromatic rings. The van der Waals surface area contributed by atoms with Crippen LogP contribution in [0, 0.1) is 0 Å². The first kappa shape index (κ1) is 19.0. The van der Waals surface area contributed by atoms with Gasteiger partial charge in [0.25, 0.3) is 5.56 Å². The van der Waals surface area contributed by atoms with Crippen molar-refractivity contribution in [2.24, 2.45) is 7.05 Å². The highest BCUT2D eigenvalue weighted by molar-refractivity contribution is 6.30.